The van der Waals surface area contributed by atoms with Crippen LogP contribution in [-0.2, 0) is 14.9 Å². The predicted octanol–water partition coefficient (Wildman–Crippen LogP) is 6.23. The Kier molecular flexibility index (Phi) is 9.04. The summed E-state index contributed by atoms with van der Waals surface area (Å²) in [6.45, 7) is 13.8. The van der Waals surface area contributed by atoms with Gasteiger partial charge in [0.1, 0.15) is 11.6 Å². The summed E-state index contributed by atoms with van der Waals surface area (Å²) in [6, 6.07) is 7.37. The van der Waals surface area contributed by atoms with Crippen molar-refractivity contribution in [3.63, 3.8) is 0 Å². The Labute approximate surface area is 199 Å². The highest BCUT2D eigenvalue weighted by Gasteiger charge is 2.47. The van der Waals surface area contributed by atoms with Gasteiger partial charge in [-0.1, -0.05) is 64.3 Å². The molecule has 32 heavy (non-hydrogen) atoms. The van der Waals surface area contributed by atoms with E-state index in [0.717, 1.165) is 32.1 Å². The topological polar surface area (TPSA) is 67.4 Å². The van der Waals surface area contributed by atoms with E-state index < -0.39 is 17.7 Å². The van der Waals surface area contributed by atoms with E-state index >= 15 is 0 Å². The Balaban J connectivity index is 2.27. The van der Waals surface area contributed by atoms with Crippen LogP contribution in [0.2, 0.25) is 5.02 Å². The van der Waals surface area contributed by atoms with Gasteiger partial charge in [0.05, 0.1) is 0 Å². The van der Waals surface area contributed by atoms with Crippen molar-refractivity contribution in [3.8, 4) is 0 Å². The lowest BCUT2D eigenvalue weighted by atomic mass is 9.58. The zero-order chi connectivity index (χ0) is 24.1. The van der Waals surface area contributed by atoms with Crippen LogP contribution >= 0.6 is 11.6 Å². The number of amides is 2. The fraction of sp³-hybridized carbons (Fsp3) is 0.692. The van der Waals surface area contributed by atoms with Gasteiger partial charge < -0.3 is 15.4 Å². The van der Waals surface area contributed by atoms with Gasteiger partial charge in [-0.25, -0.2) is 4.79 Å². The lowest BCUT2D eigenvalue weighted by Crippen LogP contribution is -2.59. The van der Waals surface area contributed by atoms with E-state index in [1.165, 1.54) is 5.56 Å². The number of hydrogen-bond acceptors (Lipinski definition) is 3. The summed E-state index contributed by atoms with van der Waals surface area (Å²) in [6.07, 6.45) is 4.27. The molecule has 2 rings (SSSR count). The van der Waals surface area contributed by atoms with Crippen LogP contribution in [0.25, 0.3) is 0 Å². The van der Waals surface area contributed by atoms with Crippen molar-refractivity contribution < 1.29 is 14.3 Å². The van der Waals surface area contributed by atoms with E-state index in [-0.39, 0.29) is 23.3 Å². The quantitative estimate of drug-likeness (QED) is 0.455. The molecule has 3 atom stereocenters. The van der Waals surface area contributed by atoms with Crippen LogP contribution < -0.4 is 10.6 Å². The Morgan fingerprint density at radius 2 is 1.69 bits per heavy atom. The van der Waals surface area contributed by atoms with Crippen molar-refractivity contribution >= 4 is 23.6 Å². The fourth-order valence-electron chi connectivity index (χ4n) is 4.47. The van der Waals surface area contributed by atoms with Crippen LogP contribution in [0, 0.1) is 11.8 Å². The maximum atomic E-state index is 13.5. The van der Waals surface area contributed by atoms with Gasteiger partial charge in [0.2, 0.25) is 5.91 Å². The molecule has 180 valence electrons. The summed E-state index contributed by atoms with van der Waals surface area (Å²) in [5.74, 6) is 0.261. The molecule has 0 radical (unpaired) electrons. The average molecular weight is 465 g/mol. The normalized spacial score (nSPS) is 18.3. The minimum atomic E-state index is -0.646. The van der Waals surface area contributed by atoms with Crippen molar-refractivity contribution in [2.24, 2.45) is 11.8 Å². The third-order valence-electron chi connectivity index (χ3n) is 6.52. The highest BCUT2D eigenvalue weighted by Crippen LogP contribution is 2.48. The second-order valence-corrected chi connectivity index (χ2v) is 11.2. The summed E-state index contributed by atoms with van der Waals surface area (Å²) in [5, 5.41) is 6.89. The maximum Gasteiger partial charge on any atom is 0.408 e. The minimum Gasteiger partial charge on any atom is -0.444 e. The molecule has 2 amide bonds. The van der Waals surface area contributed by atoms with Gasteiger partial charge in [0, 0.05) is 16.5 Å². The molecule has 5 nitrogen and oxygen atoms in total. The molecular weight excluding hydrogens is 424 g/mol. The van der Waals surface area contributed by atoms with Gasteiger partial charge in [0.25, 0.3) is 0 Å². The molecule has 1 aromatic carbocycles. The Morgan fingerprint density at radius 1 is 1.09 bits per heavy atom. The molecule has 2 N–H and O–H groups in total. The minimum absolute atomic E-state index is 0.0167. The number of ether oxygens (including phenoxy) is 1. The number of benzene rings is 1. The van der Waals surface area contributed by atoms with Crippen LogP contribution in [0.5, 0.6) is 0 Å². The number of nitrogens with one attached hydrogen (secondary N) is 2. The smallest absolute Gasteiger partial charge is 0.408 e. The van der Waals surface area contributed by atoms with Gasteiger partial charge in [-0.05, 0) is 69.6 Å². The molecule has 1 aliphatic carbocycles. The largest absolute Gasteiger partial charge is 0.444 e. The third-order valence-corrected chi connectivity index (χ3v) is 6.78. The fourth-order valence-corrected chi connectivity index (χ4v) is 4.60. The summed E-state index contributed by atoms with van der Waals surface area (Å²) in [4.78, 5) is 26.0. The Hall–Kier alpha value is -1.75. The van der Waals surface area contributed by atoms with Gasteiger partial charge >= 0.3 is 6.09 Å². The monoisotopic (exact) mass is 464 g/mol. The lowest BCUT2D eigenvalue weighted by Gasteiger charge is -2.49. The first-order valence-electron chi connectivity index (χ1n) is 11.9. The number of halogens is 1. The van der Waals surface area contributed by atoms with Crippen molar-refractivity contribution in [3.05, 3.63) is 34.9 Å². The zero-order valence-electron chi connectivity index (χ0n) is 20.8. The van der Waals surface area contributed by atoms with Crippen molar-refractivity contribution in [1.82, 2.24) is 10.6 Å². The Morgan fingerprint density at radius 3 is 2.12 bits per heavy atom. The molecule has 0 saturated heterocycles. The molecule has 1 aromatic rings. The zero-order valence-corrected chi connectivity index (χ0v) is 21.5. The van der Waals surface area contributed by atoms with Gasteiger partial charge in [-0.2, -0.15) is 0 Å². The first-order valence-corrected chi connectivity index (χ1v) is 12.3. The third kappa shape index (κ3) is 6.87. The molecule has 1 fully saturated rings. The number of alkyl carbamates (subject to hydrolysis) is 1. The molecule has 0 aromatic heterocycles. The molecular formula is C26H41ClN2O3. The van der Waals surface area contributed by atoms with E-state index in [2.05, 4.69) is 36.6 Å². The van der Waals surface area contributed by atoms with E-state index in [1.807, 2.05) is 46.8 Å². The number of hydrogen-bond donors (Lipinski definition) is 2. The lowest BCUT2D eigenvalue weighted by molar-refractivity contribution is -0.126. The van der Waals surface area contributed by atoms with Crippen LogP contribution in [0.15, 0.2) is 24.3 Å². The predicted molar refractivity (Wildman–Crippen MR) is 131 cm³/mol. The van der Waals surface area contributed by atoms with E-state index in [4.69, 9.17) is 16.3 Å². The molecule has 0 aliphatic heterocycles. The first kappa shape index (κ1) is 26.5. The van der Waals surface area contributed by atoms with Gasteiger partial charge in [0.15, 0.2) is 0 Å². The number of rotatable bonds is 9. The SMILES string of the molecule is CC[C@H](C)[C@H](NC(=O)OC(C)(C)C)C(=O)N[C@@H](CC(C)C)C1(c2ccc(Cl)cc2)CCC1. The van der Waals surface area contributed by atoms with E-state index in [0.29, 0.717) is 10.9 Å². The van der Waals surface area contributed by atoms with Crippen LogP contribution in [0.1, 0.15) is 86.1 Å². The van der Waals surface area contributed by atoms with Crippen molar-refractivity contribution in [2.45, 2.75) is 104 Å². The molecule has 0 heterocycles. The van der Waals surface area contributed by atoms with Gasteiger partial charge in [-0.15, -0.1) is 0 Å². The maximum absolute atomic E-state index is 13.5. The van der Waals surface area contributed by atoms with E-state index in [9.17, 15) is 9.59 Å². The second-order valence-electron chi connectivity index (χ2n) is 10.7. The molecule has 1 aliphatic rings. The van der Waals surface area contributed by atoms with Crippen LogP contribution in [-0.4, -0.2) is 29.7 Å². The van der Waals surface area contributed by atoms with Crippen LogP contribution in [0.4, 0.5) is 4.79 Å². The summed E-state index contributed by atoms with van der Waals surface area (Å²) in [7, 11) is 0. The number of carbonyl (C=O) groups is 2. The second kappa shape index (κ2) is 10.9. The summed E-state index contributed by atoms with van der Waals surface area (Å²) in [5.41, 5.74) is 0.501. The molecule has 6 heteroatoms. The van der Waals surface area contributed by atoms with Crippen molar-refractivity contribution in [2.75, 3.05) is 0 Å². The molecule has 0 spiro atoms. The highest BCUT2D eigenvalue weighted by molar-refractivity contribution is 6.30. The summed E-state index contributed by atoms with van der Waals surface area (Å²) < 4.78 is 5.42. The number of carbonyl (C=O) groups excluding carboxylic acids is 2. The summed E-state index contributed by atoms with van der Waals surface area (Å²) >= 11 is 6.14. The average Bonchev–Trinajstić information content (AvgIpc) is 2.64. The van der Waals surface area contributed by atoms with E-state index in [1.54, 1.807) is 0 Å². The van der Waals surface area contributed by atoms with Gasteiger partial charge in [-0.3, -0.25) is 4.79 Å². The first-order chi connectivity index (χ1) is 14.9. The molecule has 1 saturated carbocycles. The molecule has 0 bridgehead atoms. The van der Waals surface area contributed by atoms with Crippen LogP contribution in [0.3, 0.4) is 0 Å². The molecule has 0 unspecified atom stereocenters. The highest BCUT2D eigenvalue weighted by atomic mass is 35.5. The standard InChI is InChI=1S/C26H41ClN2O3/c1-8-18(4)22(29-24(31)32-25(5,6)7)23(30)28-21(16-17(2)3)26(14-9-15-26)19-10-12-20(27)13-11-19/h10-13,17-18,21-22H,8-9,14-16H2,1-7H3,(H,28,30)(H,29,31)/t18-,21-,22-/m0/s1. The Bertz CT molecular complexity index is 766. The van der Waals surface area contributed by atoms with Crippen molar-refractivity contribution in [1.29, 1.82) is 0 Å².